The summed E-state index contributed by atoms with van der Waals surface area (Å²) in [4.78, 5) is 13.4. The maximum Gasteiger partial charge on any atom is 0.217 e. The number of nitrogens with zero attached hydrogens (tertiary/aromatic N) is 1. The van der Waals surface area contributed by atoms with Gasteiger partial charge in [0.05, 0.1) is 0 Å². The summed E-state index contributed by atoms with van der Waals surface area (Å²) in [5.74, 6) is -0.168. The third-order valence-corrected chi connectivity index (χ3v) is 4.39. The molecular formula is C14H26N2O. The van der Waals surface area contributed by atoms with Crippen LogP contribution in [0.3, 0.4) is 0 Å². The van der Waals surface area contributed by atoms with Gasteiger partial charge in [-0.2, -0.15) is 0 Å². The molecule has 1 amide bonds. The van der Waals surface area contributed by atoms with Gasteiger partial charge in [0, 0.05) is 19.0 Å². The fourth-order valence-corrected chi connectivity index (χ4v) is 4.29. The van der Waals surface area contributed by atoms with Crippen molar-refractivity contribution in [3.63, 3.8) is 0 Å². The summed E-state index contributed by atoms with van der Waals surface area (Å²) < 4.78 is 0. The van der Waals surface area contributed by atoms with Gasteiger partial charge in [0.1, 0.15) is 0 Å². The Kier molecular flexibility index (Phi) is 3.23. The van der Waals surface area contributed by atoms with Crippen LogP contribution in [-0.4, -0.2) is 29.9 Å². The molecule has 1 heterocycles. The van der Waals surface area contributed by atoms with Gasteiger partial charge in [-0.15, -0.1) is 0 Å². The van der Waals surface area contributed by atoms with E-state index >= 15 is 0 Å². The zero-order valence-electron chi connectivity index (χ0n) is 11.5. The van der Waals surface area contributed by atoms with Gasteiger partial charge in [-0.25, -0.2) is 0 Å². The molecule has 98 valence electrons. The van der Waals surface area contributed by atoms with Crippen LogP contribution >= 0.6 is 0 Å². The van der Waals surface area contributed by atoms with Crippen molar-refractivity contribution in [2.75, 3.05) is 13.1 Å². The van der Waals surface area contributed by atoms with Gasteiger partial charge in [-0.05, 0) is 43.1 Å². The van der Waals surface area contributed by atoms with Crippen molar-refractivity contribution in [2.24, 2.45) is 16.6 Å². The Labute approximate surface area is 105 Å². The van der Waals surface area contributed by atoms with Crippen LogP contribution in [0.25, 0.3) is 0 Å². The van der Waals surface area contributed by atoms with E-state index in [1.54, 1.807) is 0 Å². The third-order valence-electron chi connectivity index (χ3n) is 4.39. The highest BCUT2D eigenvalue weighted by Gasteiger charge is 2.49. The van der Waals surface area contributed by atoms with E-state index in [0.29, 0.717) is 17.3 Å². The van der Waals surface area contributed by atoms with Crippen LogP contribution in [0.15, 0.2) is 0 Å². The van der Waals surface area contributed by atoms with E-state index in [2.05, 4.69) is 25.7 Å². The number of primary amides is 1. The lowest BCUT2D eigenvalue weighted by Crippen LogP contribution is -2.35. The first kappa shape index (κ1) is 12.9. The molecule has 2 rings (SSSR count). The largest absolute Gasteiger partial charge is 0.370 e. The summed E-state index contributed by atoms with van der Waals surface area (Å²) in [5.41, 5.74) is 6.18. The minimum absolute atomic E-state index is 0.168. The van der Waals surface area contributed by atoms with Crippen LogP contribution in [0.5, 0.6) is 0 Å². The van der Waals surface area contributed by atoms with Gasteiger partial charge < -0.3 is 5.73 Å². The minimum Gasteiger partial charge on any atom is -0.370 e. The van der Waals surface area contributed by atoms with E-state index in [4.69, 9.17) is 5.73 Å². The zero-order chi connectivity index (χ0) is 12.7. The number of likely N-dealkylation sites (tertiary alicyclic amines) is 1. The molecule has 0 aromatic carbocycles. The number of amides is 1. The van der Waals surface area contributed by atoms with E-state index < -0.39 is 0 Å². The Morgan fingerprint density at radius 2 is 2.06 bits per heavy atom. The van der Waals surface area contributed by atoms with Crippen molar-refractivity contribution in [3.05, 3.63) is 0 Å². The van der Waals surface area contributed by atoms with Gasteiger partial charge in [-0.3, -0.25) is 9.69 Å². The smallest absolute Gasteiger partial charge is 0.217 e. The molecule has 0 radical (unpaired) electrons. The van der Waals surface area contributed by atoms with Crippen LogP contribution in [0, 0.1) is 10.8 Å². The molecule has 17 heavy (non-hydrogen) atoms. The van der Waals surface area contributed by atoms with Crippen molar-refractivity contribution in [3.8, 4) is 0 Å². The molecule has 2 bridgehead atoms. The molecule has 1 saturated heterocycles. The van der Waals surface area contributed by atoms with E-state index in [9.17, 15) is 4.79 Å². The first-order chi connectivity index (χ1) is 7.80. The molecule has 0 spiro atoms. The van der Waals surface area contributed by atoms with Gasteiger partial charge in [0.15, 0.2) is 0 Å². The predicted octanol–water partition coefficient (Wildman–Crippen LogP) is 2.15. The summed E-state index contributed by atoms with van der Waals surface area (Å²) in [6, 6.07) is 0.733. The molecular weight excluding hydrogens is 212 g/mol. The predicted molar refractivity (Wildman–Crippen MR) is 69.5 cm³/mol. The fourth-order valence-electron chi connectivity index (χ4n) is 4.29. The van der Waals surface area contributed by atoms with E-state index in [1.165, 1.54) is 25.8 Å². The number of carbonyl (C=O) groups excluding carboxylic acids is 1. The summed E-state index contributed by atoms with van der Waals surface area (Å²) >= 11 is 0. The van der Waals surface area contributed by atoms with Crippen LogP contribution in [0.4, 0.5) is 0 Å². The molecule has 1 saturated carbocycles. The Hall–Kier alpha value is -0.570. The van der Waals surface area contributed by atoms with E-state index in [-0.39, 0.29) is 5.91 Å². The highest BCUT2D eigenvalue weighted by molar-refractivity contribution is 5.73. The molecule has 1 aliphatic heterocycles. The van der Waals surface area contributed by atoms with Gasteiger partial charge >= 0.3 is 0 Å². The van der Waals surface area contributed by atoms with E-state index in [0.717, 1.165) is 19.0 Å². The van der Waals surface area contributed by atoms with Crippen molar-refractivity contribution in [2.45, 2.75) is 58.9 Å². The Morgan fingerprint density at radius 3 is 2.71 bits per heavy atom. The van der Waals surface area contributed by atoms with Crippen LogP contribution in [-0.2, 0) is 4.79 Å². The number of hydrogen-bond acceptors (Lipinski definition) is 2. The van der Waals surface area contributed by atoms with Crippen LogP contribution in [0.1, 0.15) is 52.9 Å². The highest BCUT2D eigenvalue weighted by Crippen LogP contribution is 2.52. The average molecular weight is 238 g/mol. The van der Waals surface area contributed by atoms with Crippen molar-refractivity contribution < 1.29 is 4.79 Å². The number of rotatable bonds is 4. The highest BCUT2D eigenvalue weighted by atomic mass is 16.1. The molecule has 1 aliphatic carbocycles. The van der Waals surface area contributed by atoms with Crippen molar-refractivity contribution in [1.82, 2.24) is 4.90 Å². The standard InChI is InChI=1S/C14H26N2O/c1-13(2)7-11-8-14(3,9-13)10-16(11)6-4-5-12(15)17/h11H,4-10H2,1-3H3,(H2,15,17). The third kappa shape index (κ3) is 3.01. The molecule has 0 aromatic heterocycles. The van der Waals surface area contributed by atoms with E-state index in [1.807, 2.05) is 0 Å². The molecule has 3 nitrogen and oxygen atoms in total. The number of nitrogens with two attached hydrogens (primary N) is 1. The van der Waals surface area contributed by atoms with Crippen molar-refractivity contribution in [1.29, 1.82) is 0 Å². The molecule has 2 atom stereocenters. The molecule has 2 N–H and O–H groups in total. The molecule has 2 fully saturated rings. The number of hydrogen-bond donors (Lipinski definition) is 1. The average Bonchev–Trinajstić information content (AvgIpc) is 2.34. The summed E-state index contributed by atoms with van der Waals surface area (Å²) in [5, 5.41) is 0. The lowest BCUT2D eigenvalue weighted by atomic mass is 9.65. The fraction of sp³-hybridized carbons (Fsp3) is 0.929. The van der Waals surface area contributed by atoms with Gasteiger partial charge in [0.2, 0.25) is 5.91 Å². The molecule has 2 aliphatic rings. The first-order valence-corrected chi connectivity index (χ1v) is 6.82. The van der Waals surface area contributed by atoms with Gasteiger partial charge in [-0.1, -0.05) is 20.8 Å². The lowest BCUT2D eigenvalue weighted by molar-refractivity contribution is -0.118. The molecule has 3 heteroatoms. The second-order valence-corrected chi connectivity index (χ2v) is 7.25. The second-order valence-electron chi connectivity index (χ2n) is 7.25. The van der Waals surface area contributed by atoms with Crippen LogP contribution in [0.2, 0.25) is 0 Å². The first-order valence-electron chi connectivity index (χ1n) is 6.82. The normalized spacial score (nSPS) is 36.1. The maximum absolute atomic E-state index is 10.8. The summed E-state index contributed by atoms with van der Waals surface area (Å²) in [6.07, 6.45) is 5.43. The Morgan fingerprint density at radius 1 is 1.35 bits per heavy atom. The Balaban J connectivity index is 1.92. The quantitative estimate of drug-likeness (QED) is 0.815. The second kappa shape index (κ2) is 4.27. The zero-order valence-corrected chi connectivity index (χ0v) is 11.5. The van der Waals surface area contributed by atoms with Crippen LogP contribution < -0.4 is 5.73 Å². The molecule has 0 aromatic rings. The van der Waals surface area contributed by atoms with Gasteiger partial charge in [0.25, 0.3) is 0 Å². The minimum atomic E-state index is -0.168. The van der Waals surface area contributed by atoms with Crippen molar-refractivity contribution >= 4 is 5.91 Å². The lowest BCUT2D eigenvalue weighted by Gasteiger charge is -2.40. The topological polar surface area (TPSA) is 46.3 Å². The Bertz CT molecular complexity index is 313. The maximum atomic E-state index is 10.8. The number of fused-ring (bicyclic) bond motifs is 2. The SMILES string of the molecule is CC1(C)CC2CC(C)(CN2CCCC(N)=O)C1. The monoisotopic (exact) mass is 238 g/mol. The summed E-state index contributed by atoms with van der Waals surface area (Å²) in [7, 11) is 0. The molecule has 2 unspecified atom stereocenters. The number of carbonyl (C=O) groups is 1. The summed E-state index contributed by atoms with van der Waals surface area (Å²) in [6.45, 7) is 9.46.